The van der Waals surface area contributed by atoms with Crippen LogP contribution in [0.25, 0.3) is 11.0 Å². The van der Waals surface area contributed by atoms with Gasteiger partial charge in [-0.15, -0.1) is 0 Å². The Morgan fingerprint density at radius 3 is 2.51 bits per heavy atom. The predicted octanol–water partition coefficient (Wildman–Crippen LogP) is 6.43. The Morgan fingerprint density at radius 2 is 1.84 bits per heavy atom. The Bertz CT molecular complexity index is 1330. The number of halogens is 4. The molecule has 4 rings (SSSR count). The number of anilines is 2. The Labute approximate surface area is 223 Å². The first-order valence-corrected chi connectivity index (χ1v) is 12.8. The summed E-state index contributed by atoms with van der Waals surface area (Å²) in [6, 6.07) is 5.75. The number of fused-ring (bicyclic) bond motifs is 1. The number of hydrogen-bond acceptors (Lipinski definition) is 4. The normalized spacial score (nSPS) is 18.0. The molecule has 0 saturated heterocycles. The maximum Gasteiger partial charge on any atom is 0.254 e. The lowest BCUT2D eigenvalue weighted by molar-refractivity contribution is -0.128. The number of aromatic nitrogens is 2. The molecule has 3 aromatic rings. The van der Waals surface area contributed by atoms with Gasteiger partial charge < -0.3 is 20.9 Å². The number of amides is 2. The van der Waals surface area contributed by atoms with Gasteiger partial charge in [-0.25, -0.2) is 13.8 Å². The molecule has 2 amide bonds. The minimum Gasteiger partial charge on any atom is -0.352 e. The quantitative estimate of drug-likeness (QED) is 0.284. The summed E-state index contributed by atoms with van der Waals surface area (Å²) < 4.78 is 28.1. The lowest BCUT2D eigenvalue weighted by Gasteiger charge is -2.25. The number of hydrogen-bond donors (Lipinski definition) is 4. The number of carbonyl (C=O) groups excluding carboxylic acids is 2. The molecule has 0 aliphatic heterocycles. The molecule has 0 atom stereocenters. The van der Waals surface area contributed by atoms with Crippen LogP contribution in [-0.2, 0) is 11.3 Å². The Hall–Kier alpha value is -2.91. The summed E-state index contributed by atoms with van der Waals surface area (Å²) in [5.74, 6) is -1.14. The maximum atomic E-state index is 14.8. The van der Waals surface area contributed by atoms with E-state index in [1.165, 1.54) is 12.1 Å². The minimum absolute atomic E-state index is 0.123. The van der Waals surface area contributed by atoms with Gasteiger partial charge in [0.05, 0.1) is 32.3 Å². The summed E-state index contributed by atoms with van der Waals surface area (Å²) in [7, 11) is 0. The van der Waals surface area contributed by atoms with E-state index in [1.807, 2.05) is 20.8 Å². The molecule has 37 heavy (non-hydrogen) atoms. The van der Waals surface area contributed by atoms with Gasteiger partial charge in [-0.1, -0.05) is 50.0 Å². The third kappa shape index (κ3) is 6.33. The van der Waals surface area contributed by atoms with Crippen LogP contribution in [0.15, 0.2) is 24.3 Å². The molecule has 11 heteroatoms. The fourth-order valence-corrected chi connectivity index (χ4v) is 4.66. The molecule has 1 fully saturated rings. The summed E-state index contributed by atoms with van der Waals surface area (Å²) in [6.45, 7) is 5.65. The first-order chi connectivity index (χ1) is 17.4. The second-order valence-electron chi connectivity index (χ2n) is 10.3. The number of H-pyrrole nitrogens is 1. The Morgan fingerprint density at radius 1 is 1.14 bits per heavy atom. The topological polar surface area (TPSA) is 98.9 Å². The second-order valence-corrected chi connectivity index (χ2v) is 11.1. The van der Waals surface area contributed by atoms with Crippen molar-refractivity contribution < 1.29 is 18.4 Å². The summed E-state index contributed by atoms with van der Waals surface area (Å²) in [4.78, 5) is 32.3. The monoisotopic (exact) mass is 551 g/mol. The third-order valence-electron chi connectivity index (χ3n) is 6.34. The zero-order chi connectivity index (χ0) is 26.9. The highest BCUT2D eigenvalue weighted by atomic mass is 35.5. The average molecular weight is 552 g/mol. The van der Waals surface area contributed by atoms with Crippen LogP contribution >= 0.6 is 23.2 Å². The predicted molar refractivity (Wildman–Crippen MR) is 142 cm³/mol. The summed E-state index contributed by atoms with van der Waals surface area (Å²) in [5, 5.41) is 9.30. The Kier molecular flexibility index (Phi) is 7.94. The standard InChI is InChI=1S/C26H29Cl2F2N5O2/c1-26(2,3)24(37)31-12-13-4-9-17(27)22(21(13)28)35-25-33-19-10-16(18(30)11-20(19)34-25)23(36)32-15-7-5-14(29)6-8-15/h4,9-11,14-15H,5-8,12H2,1-3H3,(H,31,37)(H,32,36)(H2,33,34,35). The smallest absolute Gasteiger partial charge is 0.254 e. The molecule has 0 bridgehead atoms. The average Bonchev–Trinajstić information content (AvgIpc) is 3.22. The van der Waals surface area contributed by atoms with Gasteiger partial charge in [0.15, 0.2) is 0 Å². The largest absolute Gasteiger partial charge is 0.352 e. The van der Waals surface area contributed by atoms with Gasteiger partial charge >= 0.3 is 0 Å². The van der Waals surface area contributed by atoms with Crippen molar-refractivity contribution >= 4 is 57.7 Å². The van der Waals surface area contributed by atoms with Gasteiger partial charge in [-0.3, -0.25) is 9.59 Å². The van der Waals surface area contributed by atoms with E-state index in [4.69, 9.17) is 23.2 Å². The fourth-order valence-electron chi connectivity index (χ4n) is 4.13. The van der Waals surface area contributed by atoms with Crippen molar-refractivity contribution in [2.45, 2.75) is 65.2 Å². The fraction of sp³-hybridized carbons (Fsp3) is 0.423. The molecular formula is C26H29Cl2F2N5O2. The van der Waals surface area contributed by atoms with Crippen molar-refractivity contribution in [2.75, 3.05) is 5.32 Å². The van der Waals surface area contributed by atoms with Gasteiger partial charge in [0.1, 0.15) is 12.0 Å². The first-order valence-electron chi connectivity index (χ1n) is 12.1. The van der Waals surface area contributed by atoms with E-state index in [2.05, 4.69) is 25.9 Å². The molecule has 1 aliphatic rings. The van der Waals surface area contributed by atoms with Crippen molar-refractivity contribution in [3.05, 3.63) is 51.3 Å². The molecule has 2 aromatic carbocycles. The highest BCUT2D eigenvalue weighted by molar-refractivity contribution is 6.39. The van der Waals surface area contributed by atoms with Crippen LogP contribution in [0.3, 0.4) is 0 Å². The SMILES string of the molecule is CC(C)(C)C(=O)NCc1ccc(Cl)c(Nc2nc3cc(C(=O)NC4CCC(F)CC4)c(F)cc3[nH]2)c1Cl. The third-order valence-corrected chi connectivity index (χ3v) is 7.09. The number of nitrogens with zero attached hydrogens (tertiary/aromatic N) is 1. The van der Waals surface area contributed by atoms with E-state index in [-0.39, 0.29) is 30.0 Å². The van der Waals surface area contributed by atoms with E-state index in [9.17, 15) is 18.4 Å². The molecule has 198 valence electrons. The first kappa shape index (κ1) is 27.1. The number of rotatable bonds is 6. The summed E-state index contributed by atoms with van der Waals surface area (Å²) >= 11 is 12.9. The number of alkyl halides is 1. The molecule has 1 heterocycles. The lowest BCUT2D eigenvalue weighted by Crippen LogP contribution is -2.38. The maximum absolute atomic E-state index is 14.8. The van der Waals surface area contributed by atoms with E-state index < -0.39 is 23.3 Å². The van der Waals surface area contributed by atoms with Crippen LogP contribution in [0.5, 0.6) is 0 Å². The van der Waals surface area contributed by atoms with Crippen molar-refractivity contribution in [2.24, 2.45) is 5.41 Å². The molecule has 0 unspecified atom stereocenters. The van der Waals surface area contributed by atoms with E-state index in [0.29, 0.717) is 58.0 Å². The number of imidazole rings is 1. The molecule has 4 N–H and O–H groups in total. The summed E-state index contributed by atoms with van der Waals surface area (Å²) in [5.41, 5.74) is 1.06. The van der Waals surface area contributed by atoms with Crippen molar-refractivity contribution in [3.63, 3.8) is 0 Å². The van der Waals surface area contributed by atoms with Gasteiger partial charge in [-0.2, -0.15) is 0 Å². The number of nitrogens with one attached hydrogen (secondary N) is 4. The van der Waals surface area contributed by atoms with Crippen LogP contribution in [0, 0.1) is 11.2 Å². The van der Waals surface area contributed by atoms with Crippen LogP contribution in [0.1, 0.15) is 62.4 Å². The van der Waals surface area contributed by atoms with Crippen molar-refractivity contribution in [1.82, 2.24) is 20.6 Å². The van der Waals surface area contributed by atoms with Gasteiger partial charge in [-0.05, 0) is 43.4 Å². The van der Waals surface area contributed by atoms with E-state index >= 15 is 0 Å². The molecule has 7 nitrogen and oxygen atoms in total. The Balaban J connectivity index is 1.52. The molecule has 0 spiro atoms. The van der Waals surface area contributed by atoms with Crippen LogP contribution in [0.2, 0.25) is 10.0 Å². The molecule has 1 aromatic heterocycles. The lowest BCUT2D eigenvalue weighted by atomic mass is 9.94. The van der Waals surface area contributed by atoms with Gasteiger partial charge in [0, 0.05) is 24.1 Å². The highest BCUT2D eigenvalue weighted by Crippen LogP contribution is 2.35. The zero-order valence-corrected chi connectivity index (χ0v) is 22.3. The van der Waals surface area contributed by atoms with Gasteiger partial charge in [0.2, 0.25) is 11.9 Å². The number of aromatic amines is 1. The zero-order valence-electron chi connectivity index (χ0n) is 20.8. The number of benzene rings is 2. The molecule has 1 saturated carbocycles. The van der Waals surface area contributed by atoms with Crippen molar-refractivity contribution in [1.29, 1.82) is 0 Å². The van der Waals surface area contributed by atoms with Crippen molar-refractivity contribution in [3.8, 4) is 0 Å². The summed E-state index contributed by atoms with van der Waals surface area (Å²) in [6.07, 6.45) is 0.967. The molecule has 0 radical (unpaired) electrons. The van der Waals surface area contributed by atoms with Crippen LogP contribution < -0.4 is 16.0 Å². The molecule has 1 aliphatic carbocycles. The highest BCUT2D eigenvalue weighted by Gasteiger charge is 2.24. The van der Waals surface area contributed by atoms with Crippen LogP contribution in [0.4, 0.5) is 20.4 Å². The molecular weight excluding hydrogens is 523 g/mol. The minimum atomic E-state index is -0.846. The van der Waals surface area contributed by atoms with E-state index in [1.54, 1.807) is 12.1 Å². The van der Waals surface area contributed by atoms with Gasteiger partial charge in [0.25, 0.3) is 5.91 Å². The second kappa shape index (κ2) is 10.8. The van der Waals surface area contributed by atoms with E-state index in [0.717, 1.165) is 0 Å². The van der Waals surface area contributed by atoms with Crippen LogP contribution in [-0.4, -0.2) is 34.0 Å². The number of carbonyl (C=O) groups is 2.